The van der Waals surface area contributed by atoms with Gasteiger partial charge < -0.3 is 9.47 Å². The average molecular weight is 276 g/mol. The SMILES string of the molecule is CCC(C)N(CCOC)Cc1ccc(OC)c(C#N)c1. The molecule has 0 aliphatic rings. The second-order valence-corrected chi connectivity index (χ2v) is 4.87. The van der Waals surface area contributed by atoms with Gasteiger partial charge in [-0.3, -0.25) is 4.90 Å². The van der Waals surface area contributed by atoms with Crippen molar-refractivity contribution >= 4 is 0 Å². The molecule has 20 heavy (non-hydrogen) atoms. The van der Waals surface area contributed by atoms with Gasteiger partial charge >= 0.3 is 0 Å². The Bertz CT molecular complexity index is 454. The third kappa shape index (κ3) is 4.52. The van der Waals surface area contributed by atoms with Crippen LogP contribution in [0.25, 0.3) is 0 Å². The summed E-state index contributed by atoms with van der Waals surface area (Å²) in [5.74, 6) is 0.628. The number of methoxy groups -OCH3 is 2. The number of ether oxygens (including phenoxy) is 2. The molecule has 0 spiro atoms. The Labute approximate surface area is 121 Å². The fourth-order valence-electron chi connectivity index (χ4n) is 2.10. The third-order valence-electron chi connectivity index (χ3n) is 3.57. The monoisotopic (exact) mass is 276 g/mol. The van der Waals surface area contributed by atoms with Crippen LogP contribution < -0.4 is 4.74 Å². The summed E-state index contributed by atoms with van der Waals surface area (Å²) in [5, 5.41) is 9.14. The van der Waals surface area contributed by atoms with Crippen molar-refractivity contribution in [2.45, 2.75) is 32.9 Å². The molecule has 110 valence electrons. The summed E-state index contributed by atoms with van der Waals surface area (Å²) in [6.07, 6.45) is 1.09. The quantitative estimate of drug-likeness (QED) is 0.732. The van der Waals surface area contributed by atoms with Crippen LogP contribution in [-0.4, -0.2) is 38.3 Å². The van der Waals surface area contributed by atoms with Gasteiger partial charge in [-0.15, -0.1) is 0 Å². The highest BCUT2D eigenvalue weighted by molar-refractivity contribution is 5.45. The van der Waals surface area contributed by atoms with Crippen molar-refractivity contribution in [1.29, 1.82) is 5.26 Å². The van der Waals surface area contributed by atoms with Crippen molar-refractivity contribution in [1.82, 2.24) is 4.90 Å². The van der Waals surface area contributed by atoms with Gasteiger partial charge in [0.05, 0.1) is 19.3 Å². The van der Waals surface area contributed by atoms with E-state index in [1.807, 2.05) is 18.2 Å². The third-order valence-corrected chi connectivity index (χ3v) is 3.57. The van der Waals surface area contributed by atoms with E-state index in [1.165, 1.54) is 0 Å². The summed E-state index contributed by atoms with van der Waals surface area (Å²) in [7, 11) is 3.30. The molecule has 0 radical (unpaired) electrons. The van der Waals surface area contributed by atoms with Gasteiger partial charge in [-0.2, -0.15) is 5.26 Å². The fourth-order valence-corrected chi connectivity index (χ4v) is 2.10. The molecule has 0 saturated heterocycles. The molecule has 0 fully saturated rings. The summed E-state index contributed by atoms with van der Waals surface area (Å²) in [4.78, 5) is 2.37. The van der Waals surface area contributed by atoms with E-state index in [4.69, 9.17) is 14.7 Å². The highest BCUT2D eigenvalue weighted by atomic mass is 16.5. The number of nitriles is 1. The molecular weight excluding hydrogens is 252 g/mol. The number of nitrogens with zero attached hydrogens (tertiary/aromatic N) is 2. The van der Waals surface area contributed by atoms with Crippen molar-refractivity contribution in [3.8, 4) is 11.8 Å². The van der Waals surface area contributed by atoms with E-state index in [2.05, 4.69) is 24.8 Å². The normalized spacial score (nSPS) is 12.2. The molecule has 0 saturated carbocycles. The van der Waals surface area contributed by atoms with Crippen molar-refractivity contribution < 1.29 is 9.47 Å². The molecule has 4 heteroatoms. The van der Waals surface area contributed by atoms with Crippen LogP contribution in [0.15, 0.2) is 18.2 Å². The Morgan fingerprint density at radius 3 is 2.65 bits per heavy atom. The van der Waals surface area contributed by atoms with Crippen LogP contribution in [0.5, 0.6) is 5.75 Å². The lowest BCUT2D eigenvalue weighted by Crippen LogP contribution is -2.34. The van der Waals surface area contributed by atoms with Gasteiger partial charge in [0.1, 0.15) is 11.8 Å². The van der Waals surface area contributed by atoms with Crippen LogP contribution in [0.3, 0.4) is 0 Å². The van der Waals surface area contributed by atoms with E-state index in [0.717, 1.165) is 25.1 Å². The number of benzene rings is 1. The Morgan fingerprint density at radius 2 is 2.10 bits per heavy atom. The van der Waals surface area contributed by atoms with Crippen LogP contribution in [0, 0.1) is 11.3 Å². The van der Waals surface area contributed by atoms with Crippen LogP contribution in [-0.2, 0) is 11.3 Å². The lowest BCUT2D eigenvalue weighted by atomic mass is 10.1. The first-order valence-corrected chi connectivity index (χ1v) is 6.96. The molecule has 0 bridgehead atoms. The van der Waals surface area contributed by atoms with Crippen molar-refractivity contribution in [3.05, 3.63) is 29.3 Å². The van der Waals surface area contributed by atoms with Crippen LogP contribution in [0.4, 0.5) is 0 Å². The number of rotatable bonds is 8. The number of hydrogen-bond acceptors (Lipinski definition) is 4. The maximum absolute atomic E-state index is 9.14. The summed E-state index contributed by atoms with van der Waals surface area (Å²) in [6.45, 7) is 6.81. The standard InChI is InChI=1S/C16H24N2O2/c1-5-13(2)18(8-9-19-3)12-14-6-7-16(20-4)15(10-14)11-17/h6-7,10,13H,5,8-9,12H2,1-4H3. The highest BCUT2D eigenvalue weighted by Gasteiger charge is 2.13. The summed E-state index contributed by atoms with van der Waals surface area (Å²) >= 11 is 0. The van der Waals surface area contributed by atoms with Crippen molar-refractivity contribution in [2.24, 2.45) is 0 Å². The maximum Gasteiger partial charge on any atom is 0.136 e. The van der Waals surface area contributed by atoms with E-state index in [1.54, 1.807) is 14.2 Å². The molecule has 0 aliphatic carbocycles. The largest absolute Gasteiger partial charge is 0.495 e. The van der Waals surface area contributed by atoms with Gasteiger partial charge in [0, 0.05) is 26.2 Å². The predicted molar refractivity (Wildman–Crippen MR) is 79.7 cm³/mol. The summed E-state index contributed by atoms with van der Waals surface area (Å²) in [5.41, 5.74) is 1.71. The Morgan fingerprint density at radius 1 is 1.35 bits per heavy atom. The zero-order valence-electron chi connectivity index (χ0n) is 12.8. The molecule has 0 amide bonds. The first-order chi connectivity index (χ1) is 9.65. The lowest BCUT2D eigenvalue weighted by molar-refractivity contribution is 0.118. The van der Waals surface area contributed by atoms with Gasteiger partial charge in [-0.25, -0.2) is 0 Å². The zero-order valence-corrected chi connectivity index (χ0v) is 12.8. The maximum atomic E-state index is 9.14. The van der Waals surface area contributed by atoms with Gasteiger partial charge in [-0.1, -0.05) is 13.0 Å². The molecule has 1 atom stereocenters. The highest BCUT2D eigenvalue weighted by Crippen LogP contribution is 2.20. The van der Waals surface area contributed by atoms with Crippen molar-refractivity contribution in [3.63, 3.8) is 0 Å². The van der Waals surface area contributed by atoms with Crippen molar-refractivity contribution in [2.75, 3.05) is 27.4 Å². The molecule has 0 N–H and O–H groups in total. The summed E-state index contributed by atoms with van der Waals surface area (Å²) in [6, 6.07) is 8.44. The smallest absolute Gasteiger partial charge is 0.136 e. The van der Waals surface area contributed by atoms with Gasteiger partial charge in [0.15, 0.2) is 0 Å². The molecule has 1 rings (SSSR count). The van der Waals surface area contributed by atoms with E-state index >= 15 is 0 Å². The predicted octanol–water partition coefficient (Wildman–Crippen LogP) is 2.81. The first kappa shape index (κ1) is 16.5. The second-order valence-electron chi connectivity index (χ2n) is 4.87. The molecule has 4 nitrogen and oxygen atoms in total. The topological polar surface area (TPSA) is 45.5 Å². The van der Waals surface area contributed by atoms with Gasteiger partial charge in [-0.05, 0) is 31.0 Å². The minimum absolute atomic E-state index is 0.484. The fraction of sp³-hybridized carbons (Fsp3) is 0.562. The minimum Gasteiger partial charge on any atom is -0.495 e. The van der Waals surface area contributed by atoms with E-state index in [9.17, 15) is 0 Å². The van der Waals surface area contributed by atoms with E-state index in [0.29, 0.717) is 24.0 Å². The van der Waals surface area contributed by atoms with Crippen LogP contribution in [0.1, 0.15) is 31.4 Å². The van der Waals surface area contributed by atoms with Crippen LogP contribution >= 0.6 is 0 Å². The average Bonchev–Trinajstić information content (AvgIpc) is 2.50. The molecule has 0 heterocycles. The minimum atomic E-state index is 0.484. The molecule has 1 unspecified atom stereocenters. The van der Waals surface area contributed by atoms with E-state index in [-0.39, 0.29) is 0 Å². The Kier molecular flexibility index (Phi) is 7.06. The summed E-state index contributed by atoms with van der Waals surface area (Å²) < 4.78 is 10.3. The molecular formula is C16H24N2O2. The lowest BCUT2D eigenvalue weighted by Gasteiger charge is -2.28. The second kappa shape index (κ2) is 8.57. The Balaban J connectivity index is 2.85. The van der Waals surface area contributed by atoms with Gasteiger partial charge in [0.2, 0.25) is 0 Å². The molecule has 1 aromatic rings. The van der Waals surface area contributed by atoms with Crippen LogP contribution in [0.2, 0.25) is 0 Å². The molecule has 1 aromatic carbocycles. The molecule has 0 aliphatic heterocycles. The molecule has 0 aromatic heterocycles. The van der Waals surface area contributed by atoms with Gasteiger partial charge in [0.25, 0.3) is 0 Å². The number of hydrogen-bond donors (Lipinski definition) is 0. The first-order valence-electron chi connectivity index (χ1n) is 6.96. The van der Waals surface area contributed by atoms with E-state index < -0.39 is 0 Å². The Hall–Kier alpha value is -1.57. The zero-order chi connectivity index (χ0) is 15.0.